The van der Waals surface area contributed by atoms with E-state index in [2.05, 4.69) is 0 Å². The highest BCUT2D eigenvalue weighted by Crippen LogP contribution is 2.49. The fourth-order valence-corrected chi connectivity index (χ4v) is 6.18. The molecule has 1 atom stereocenters. The van der Waals surface area contributed by atoms with Crippen LogP contribution in [0.3, 0.4) is 0 Å². The van der Waals surface area contributed by atoms with E-state index in [1.165, 1.54) is 0 Å². The van der Waals surface area contributed by atoms with E-state index >= 15 is 0 Å². The molecule has 4 aromatic rings. The molecule has 2 heterocycles. The molecule has 0 N–H and O–H groups in total. The second-order valence-electron chi connectivity index (χ2n) is 8.30. The molecule has 0 fully saturated rings. The first-order valence-corrected chi connectivity index (χ1v) is 12.2. The van der Waals surface area contributed by atoms with Gasteiger partial charge in [0.15, 0.2) is 9.84 Å². The molecule has 0 spiro atoms. The SMILES string of the molecule is CCS(=O)(=O)CC1(C)C(=O)n2c(c(-c3ccccc3)c3ccccc32)-c2ccccc21. The molecule has 1 unspecified atom stereocenters. The van der Waals surface area contributed by atoms with Crippen LogP contribution in [0.5, 0.6) is 0 Å². The molecule has 0 aliphatic carbocycles. The van der Waals surface area contributed by atoms with Crippen molar-refractivity contribution in [1.82, 2.24) is 4.57 Å². The molecular formula is C26H23NO3S. The van der Waals surface area contributed by atoms with Crippen molar-refractivity contribution in [2.45, 2.75) is 19.3 Å². The summed E-state index contributed by atoms with van der Waals surface area (Å²) in [5, 5.41) is 0.981. The Morgan fingerprint density at radius 1 is 0.871 bits per heavy atom. The molecular weight excluding hydrogens is 406 g/mol. The number of carbonyl (C=O) groups excluding carboxylic acids is 1. The number of rotatable bonds is 4. The van der Waals surface area contributed by atoms with Crippen molar-refractivity contribution < 1.29 is 13.2 Å². The summed E-state index contributed by atoms with van der Waals surface area (Å²) in [6.45, 7) is 3.39. The van der Waals surface area contributed by atoms with Gasteiger partial charge in [0.05, 0.1) is 22.4 Å². The zero-order valence-electron chi connectivity index (χ0n) is 17.5. The van der Waals surface area contributed by atoms with Crippen LogP contribution < -0.4 is 0 Å². The quantitative estimate of drug-likeness (QED) is 0.441. The molecule has 156 valence electrons. The number of sulfone groups is 1. The van der Waals surface area contributed by atoms with Gasteiger partial charge in [-0.05, 0) is 24.1 Å². The van der Waals surface area contributed by atoms with Gasteiger partial charge in [0.25, 0.3) is 0 Å². The van der Waals surface area contributed by atoms with Crippen molar-refractivity contribution in [1.29, 1.82) is 0 Å². The Hall–Kier alpha value is -3.18. The summed E-state index contributed by atoms with van der Waals surface area (Å²) >= 11 is 0. The summed E-state index contributed by atoms with van der Waals surface area (Å²) < 4.78 is 27.1. The Bertz CT molecular complexity index is 1430. The number of para-hydroxylation sites is 1. The monoisotopic (exact) mass is 429 g/mol. The van der Waals surface area contributed by atoms with Gasteiger partial charge in [0.1, 0.15) is 0 Å². The second-order valence-corrected chi connectivity index (χ2v) is 10.7. The molecule has 5 rings (SSSR count). The standard InChI is InChI=1S/C26H23NO3S/c1-3-31(29,30)17-26(2)21-15-9-7-13-19(21)24-23(18-11-5-4-6-12-18)20-14-8-10-16-22(20)27(24)25(26)28/h4-16H,3,17H2,1-2H3. The molecule has 4 nitrogen and oxygen atoms in total. The molecule has 3 aromatic carbocycles. The average Bonchev–Trinajstić information content (AvgIpc) is 3.13. The molecule has 5 heteroatoms. The zero-order chi connectivity index (χ0) is 21.8. The molecule has 1 aliphatic rings. The first-order chi connectivity index (χ1) is 14.9. The fourth-order valence-electron chi connectivity index (χ4n) is 4.82. The van der Waals surface area contributed by atoms with Crippen LogP contribution in [-0.2, 0) is 15.3 Å². The van der Waals surface area contributed by atoms with Crippen molar-refractivity contribution in [3.05, 3.63) is 84.4 Å². The number of hydrogen-bond donors (Lipinski definition) is 0. The third-order valence-electron chi connectivity index (χ3n) is 6.34. The van der Waals surface area contributed by atoms with Crippen LogP contribution in [0.1, 0.15) is 24.2 Å². The summed E-state index contributed by atoms with van der Waals surface area (Å²) in [6.07, 6.45) is 0. The van der Waals surface area contributed by atoms with Crippen molar-refractivity contribution in [2.24, 2.45) is 0 Å². The number of aromatic nitrogens is 1. The Balaban J connectivity index is 1.91. The first kappa shape index (κ1) is 19.8. The van der Waals surface area contributed by atoms with E-state index in [0.717, 1.165) is 38.9 Å². The minimum absolute atomic E-state index is 0.00653. The third-order valence-corrected chi connectivity index (χ3v) is 8.23. The van der Waals surface area contributed by atoms with Gasteiger partial charge in [-0.1, -0.05) is 79.7 Å². The molecule has 1 aromatic heterocycles. The Labute approximate surface area is 182 Å². The second kappa shape index (κ2) is 6.92. The van der Waals surface area contributed by atoms with Crippen molar-refractivity contribution >= 4 is 26.6 Å². The maximum atomic E-state index is 14.1. The van der Waals surface area contributed by atoms with E-state index < -0.39 is 15.3 Å². The predicted octanol–water partition coefficient (Wildman–Crippen LogP) is 5.32. The van der Waals surface area contributed by atoms with E-state index in [-0.39, 0.29) is 17.4 Å². The zero-order valence-corrected chi connectivity index (χ0v) is 18.3. The normalized spacial score (nSPS) is 18.1. The van der Waals surface area contributed by atoms with Crippen molar-refractivity contribution in [3.63, 3.8) is 0 Å². The van der Waals surface area contributed by atoms with Gasteiger partial charge < -0.3 is 0 Å². The van der Waals surface area contributed by atoms with E-state index in [0.29, 0.717) is 0 Å². The average molecular weight is 430 g/mol. The van der Waals surface area contributed by atoms with E-state index in [1.807, 2.05) is 78.9 Å². The lowest BCUT2D eigenvalue weighted by Crippen LogP contribution is -2.46. The summed E-state index contributed by atoms with van der Waals surface area (Å²) in [5.74, 6) is -0.400. The van der Waals surface area contributed by atoms with E-state index in [4.69, 9.17) is 0 Å². The highest BCUT2D eigenvalue weighted by Gasteiger charge is 2.47. The van der Waals surface area contributed by atoms with Crippen molar-refractivity contribution in [3.8, 4) is 22.4 Å². The predicted molar refractivity (Wildman–Crippen MR) is 125 cm³/mol. The molecule has 0 radical (unpaired) electrons. The van der Waals surface area contributed by atoms with Crippen LogP contribution in [0, 0.1) is 0 Å². The fraction of sp³-hybridized carbons (Fsp3) is 0.192. The van der Waals surface area contributed by atoms with Gasteiger partial charge in [-0.2, -0.15) is 0 Å². The van der Waals surface area contributed by atoms with Crippen LogP contribution in [0.2, 0.25) is 0 Å². The summed E-state index contributed by atoms with van der Waals surface area (Å²) in [6, 6.07) is 25.6. The molecule has 1 aliphatic heterocycles. The van der Waals surface area contributed by atoms with Crippen LogP contribution in [0.15, 0.2) is 78.9 Å². The lowest BCUT2D eigenvalue weighted by molar-refractivity contribution is 0.0826. The molecule has 0 amide bonds. The summed E-state index contributed by atoms with van der Waals surface area (Å²) in [5.41, 5.74) is 4.18. The number of carbonyl (C=O) groups is 1. The minimum atomic E-state index is -3.39. The summed E-state index contributed by atoms with van der Waals surface area (Å²) in [4.78, 5) is 14.1. The Morgan fingerprint density at radius 3 is 2.26 bits per heavy atom. The molecule has 0 saturated heterocycles. The van der Waals surface area contributed by atoms with E-state index in [1.54, 1.807) is 18.4 Å². The Kier molecular flexibility index (Phi) is 4.41. The van der Waals surface area contributed by atoms with Crippen LogP contribution >= 0.6 is 0 Å². The van der Waals surface area contributed by atoms with Gasteiger partial charge >= 0.3 is 0 Å². The van der Waals surface area contributed by atoms with E-state index in [9.17, 15) is 13.2 Å². The van der Waals surface area contributed by atoms with Crippen LogP contribution in [-0.4, -0.2) is 30.4 Å². The van der Waals surface area contributed by atoms with Crippen LogP contribution in [0.4, 0.5) is 0 Å². The minimum Gasteiger partial charge on any atom is -0.278 e. The number of nitrogens with zero attached hydrogens (tertiary/aromatic N) is 1. The molecule has 0 bridgehead atoms. The lowest BCUT2D eigenvalue weighted by atomic mass is 9.76. The molecule has 0 saturated carbocycles. The topological polar surface area (TPSA) is 56.1 Å². The number of benzene rings is 3. The van der Waals surface area contributed by atoms with Gasteiger partial charge in [-0.25, -0.2) is 8.42 Å². The van der Waals surface area contributed by atoms with Gasteiger partial charge in [0.2, 0.25) is 5.91 Å². The van der Waals surface area contributed by atoms with Gasteiger partial charge in [-0.3, -0.25) is 9.36 Å². The maximum absolute atomic E-state index is 14.1. The maximum Gasteiger partial charge on any atom is 0.243 e. The van der Waals surface area contributed by atoms with Crippen molar-refractivity contribution in [2.75, 3.05) is 11.5 Å². The lowest BCUT2D eigenvalue weighted by Gasteiger charge is -2.35. The highest BCUT2D eigenvalue weighted by molar-refractivity contribution is 7.91. The number of fused-ring (bicyclic) bond motifs is 5. The number of hydrogen-bond acceptors (Lipinski definition) is 3. The molecule has 31 heavy (non-hydrogen) atoms. The Morgan fingerprint density at radius 2 is 1.52 bits per heavy atom. The largest absolute Gasteiger partial charge is 0.278 e. The third kappa shape index (κ3) is 2.87. The first-order valence-electron chi connectivity index (χ1n) is 10.4. The van der Waals surface area contributed by atoms with Gasteiger partial charge in [0, 0.05) is 22.3 Å². The smallest absolute Gasteiger partial charge is 0.243 e. The van der Waals surface area contributed by atoms with Crippen LogP contribution in [0.25, 0.3) is 33.3 Å². The van der Waals surface area contributed by atoms with Gasteiger partial charge in [-0.15, -0.1) is 0 Å². The summed E-state index contributed by atoms with van der Waals surface area (Å²) in [7, 11) is -3.39. The highest BCUT2D eigenvalue weighted by atomic mass is 32.2.